The van der Waals surface area contributed by atoms with Crippen LogP contribution in [0.4, 0.5) is 0 Å². The lowest BCUT2D eigenvalue weighted by molar-refractivity contribution is 0.421. The fraction of sp³-hybridized carbons (Fsp3) is 0.636. The Morgan fingerprint density at radius 2 is 0.861 bits per heavy atom. The zero-order valence-electron chi connectivity index (χ0n) is 24.5. The maximum Gasteiger partial charge on any atom is 0.139 e. The summed E-state index contributed by atoms with van der Waals surface area (Å²) in [5, 5.41) is 4.27. The Morgan fingerprint density at radius 1 is 0.528 bits per heavy atom. The molecule has 0 radical (unpaired) electrons. The molecule has 2 saturated heterocycles. The van der Waals surface area contributed by atoms with Gasteiger partial charge >= 0.3 is 0 Å². The molecule has 2 fully saturated rings. The lowest BCUT2D eigenvalue weighted by Gasteiger charge is -2.52. The van der Waals surface area contributed by atoms with E-state index < -0.39 is 0 Å². The van der Waals surface area contributed by atoms with Gasteiger partial charge in [0.25, 0.3) is 0 Å². The molecule has 0 spiro atoms. The highest BCUT2D eigenvalue weighted by Crippen LogP contribution is 2.69. The number of para-hydroxylation sites is 2. The first-order valence-electron chi connectivity index (χ1n) is 14.2. The normalized spacial score (nSPS) is 25.9. The van der Waals surface area contributed by atoms with E-state index in [-0.39, 0.29) is 21.3 Å². The van der Waals surface area contributed by atoms with Gasteiger partial charge in [-0.2, -0.15) is 0 Å². The van der Waals surface area contributed by atoms with Crippen LogP contribution in [0.25, 0.3) is 0 Å². The molecule has 0 saturated carbocycles. The van der Waals surface area contributed by atoms with Gasteiger partial charge in [-0.25, -0.2) is 0 Å². The molecule has 36 heavy (non-hydrogen) atoms. The van der Waals surface area contributed by atoms with Crippen molar-refractivity contribution < 1.29 is 4.74 Å². The van der Waals surface area contributed by atoms with Gasteiger partial charge in [0.15, 0.2) is 0 Å². The molecule has 196 valence electrons. The molecule has 1 nitrogen and oxygen atoms in total. The highest BCUT2D eigenvalue weighted by atomic mass is 31.1. The second kappa shape index (κ2) is 8.55. The summed E-state index contributed by atoms with van der Waals surface area (Å²) in [7, 11) is -0.761. The van der Waals surface area contributed by atoms with Gasteiger partial charge in [0.2, 0.25) is 0 Å². The van der Waals surface area contributed by atoms with Crippen LogP contribution >= 0.6 is 15.8 Å². The van der Waals surface area contributed by atoms with E-state index in [4.69, 9.17) is 4.74 Å². The Labute approximate surface area is 223 Å². The molecule has 0 unspecified atom stereocenters. The Bertz CT molecular complexity index is 1050. The lowest BCUT2D eigenvalue weighted by atomic mass is 9.76. The van der Waals surface area contributed by atoms with Crippen molar-refractivity contribution in [1.29, 1.82) is 0 Å². The maximum absolute atomic E-state index is 7.29. The molecule has 3 aliphatic heterocycles. The number of fused-ring (bicyclic) bond motifs is 2. The van der Waals surface area contributed by atoms with Crippen molar-refractivity contribution in [3.8, 4) is 11.5 Å². The molecule has 0 aliphatic carbocycles. The van der Waals surface area contributed by atoms with Gasteiger partial charge in [-0.05, 0) is 46.3 Å². The van der Waals surface area contributed by atoms with Crippen molar-refractivity contribution in [3.05, 3.63) is 47.5 Å². The van der Waals surface area contributed by atoms with E-state index >= 15 is 0 Å². The van der Waals surface area contributed by atoms with Gasteiger partial charge in [0.05, 0.1) is 0 Å². The fourth-order valence-electron chi connectivity index (χ4n) is 8.15. The molecular formula is C33H48OP2. The minimum absolute atomic E-state index is 0.0756. The largest absolute Gasteiger partial charge is 0.455 e. The number of hydrogen-bond acceptors (Lipinski definition) is 1. The fourth-order valence-corrected chi connectivity index (χ4v) is 16.8. The topological polar surface area (TPSA) is 9.23 Å². The van der Waals surface area contributed by atoms with Crippen LogP contribution < -0.4 is 15.3 Å². The molecule has 0 atom stereocenters. The van der Waals surface area contributed by atoms with Crippen LogP contribution in [0.1, 0.15) is 119 Å². The quantitative estimate of drug-likeness (QED) is 0.357. The van der Waals surface area contributed by atoms with E-state index in [2.05, 4.69) is 106 Å². The average Bonchev–Trinajstić information content (AvgIpc) is 2.72. The van der Waals surface area contributed by atoms with Gasteiger partial charge in [0, 0.05) is 27.2 Å². The first-order valence-corrected chi connectivity index (χ1v) is 16.8. The Balaban J connectivity index is 1.72. The van der Waals surface area contributed by atoms with E-state index in [1.807, 2.05) is 0 Å². The monoisotopic (exact) mass is 522 g/mol. The van der Waals surface area contributed by atoms with E-state index in [0.717, 1.165) is 0 Å². The number of benzene rings is 2. The van der Waals surface area contributed by atoms with Gasteiger partial charge in [-0.1, -0.05) is 134 Å². The number of hydrogen-bond donors (Lipinski definition) is 0. The smallest absolute Gasteiger partial charge is 0.139 e. The van der Waals surface area contributed by atoms with Crippen LogP contribution in [-0.4, -0.2) is 20.6 Å². The van der Waals surface area contributed by atoms with Crippen molar-refractivity contribution in [2.24, 2.45) is 0 Å². The molecule has 3 heteroatoms. The molecule has 2 aromatic carbocycles. The molecule has 5 rings (SSSR count). The summed E-state index contributed by atoms with van der Waals surface area (Å²) < 4.78 is 7.29. The second-order valence-electron chi connectivity index (χ2n) is 14.7. The van der Waals surface area contributed by atoms with Crippen molar-refractivity contribution in [3.63, 3.8) is 0 Å². The van der Waals surface area contributed by atoms with Crippen molar-refractivity contribution in [2.75, 3.05) is 0 Å². The van der Waals surface area contributed by atoms with Crippen LogP contribution in [0.5, 0.6) is 11.5 Å². The third kappa shape index (κ3) is 4.11. The molecule has 2 aromatic rings. The predicted octanol–water partition coefficient (Wildman–Crippen LogP) is 9.81. The number of rotatable bonds is 2. The summed E-state index contributed by atoms with van der Waals surface area (Å²) in [4.78, 5) is 0. The van der Waals surface area contributed by atoms with E-state index in [0.29, 0.717) is 20.6 Å². The molecule has 3 aliphatic rings. The summed E-state index contributed by atoms with van der Waals surface area (Å²) in [6.07, 6.45) is 7.91. The Kier molecular flexibility index (Phi) is 6.34. The van der Waals surface area contributed by atoms with Crippen molar-refractivity contribution in [2.45, 2.75) is 134 Å². The highest BCUT2D eigenvalue weighted by molar-refractivity contribution is 7.69. The lowest BCUT2D eigenvalue weighted by Crippen LogP contribution is -2.42. The summed E-state index contributed by atoms with van der Waals surface area (Å²) in [6.45, 7) is 25.0. The van der Waals surface area contributed by atoms with E-state index in [1.165, 1.54) is 71.8 Å². The van der Waals surface area contributed by atoms with Gasteiger partial charge < -0.3 is 4.74 Å². The third-order valence-electron chi connectivity index (χ3n) is 9.60. The third-order valence-corrected chi connectivity index (χ3v) is 17.0. The minimum Gasteiger partial charge on any atom is -0.455 e. The highest BCUT2D eigenvalue weighted by Gasteiger charge is 2.49. The van der Waals surface area contributed by atoms with Crippen LogP contribution in [0.2, 0.25) is 0 Å². The maximum atomic E-state index is 7.29. The molecular weight excluding hydrogens is 474 g/mol. The first kappa shape index (κ1) is 26.7. The van der Waals surface area contributed by atoms with Gasteiger partial charge in [-0.3, -0.25) is 0 Å². The second-order valence-corrected chi connectivity index (χ2v) is 21.8. The van der Waals surface area contributed by atoms with E-state index in [9.17, 15) is 0 Å². The summed E-state index contributed by atoms with van der Waals surface area (Å²) >= 11 is 0. The molecule has 0 amide bonds. The van der Waals surface area contributed by atoms with Crippen molar-refractivity contribution in [1.82, 2.24) is 0 Å². The Hall–Kier alpha value is -0.900. The van der Waals surface area contributed by atoms with E-state index in [1.54, 1.807) is 0 Å². The van der Waals surface area contributed by atoms with Crippen LogP contribution in [0, 0.1) is 0 Å². The van der Waals surface area contributed by atoms with Gasteiger partial charge in [0.1, 0.15) is 11.5 Å². The molecule has 0 bridgehead atoms. The van der Waals surface area contributed by atoms with Crippen molar-refractivity contribution >= 4 is 26.5 Å². The number of ether oxygens (including phenoxy) is 1. The molecule has 3 heterocycles. The van der Waals surface area contributed by atoms with Crippen LogP contribution in [0.3, 0.4) is 0 Å². The van der Waals surface area contributed by atoms with Gasteiger partial charge in [-0.15, -0.1) is 0 Å². The summed E-state index contributed by atoms with van der Waals surface area (Å²) in [5.41, 5.74) is 2.67. The molecule has 0 aromatic heterocycles. The average molecular weight is 523 g/mol. The zero-order valence-corrected chi connectivity index (χ0v) is 26.3. The minimum atomic E-state index is -0.380. The summed E-state index contributed by atoms with van der Waals surface area (Å²) in [6, 6.07) is 14.1. The molecule has 0 N–H and O–H groups in total. The zero-order chi connectivity index (χ0) is 26.3. The first-order chi connectivity index (χ1) is 16.6. The standard InChI is InChI=1S/C33H48OP2/c1-29(2)19-13-20-30(3,4)35(29)25-17-11-15-23-27(25)34-28-24(33(23,9)10)16-12-18-26(28)36-31(5,6)21-14-22-32(36,7)8/h11-12,15-18H,13-14,19-22H2,1-10H3. The summed E-state index contributed by atoms with van der Waals surface area (Å²) in [5.74, 6) is 2.39. The SMILES string of the molecule is CC1(C)c2cccc(P3C(C)(C)CCCC3(C)C)c2Oc2c(P3C(C)(C)CCCC3(C)C)cccc21. The predicted molar refractivity (Wildman–Crippen MR) is 162 cm³/mol. The Morgan fingerprint density at radius 3 is 1.19 bits per heavy atom. The van der Waals surface area contributed by atoms with Crippen LogP contribution in [0.15, 0.2) is 36.4 Å². The van der Waals surface area contributed by atoms with Crippen LogP contribution in [-0.2, 0) is 5.41 Å².